The van der Waals surface area contributed by atoms with Crippen LogP contribution in [-0.2, 0) is 30.2 Å². The second-order valence-corrected chi connectivity index (χ2v) is 10.7. The molecular formula is C29H26Cl3N3O7. The number of para-hydroxylation sites is 1. The number of aliphatic hydroxyl groups is 1. The van der Waals surface area contributed by atoms with E-state index in [0.29, 0.717) is 32.9 Å². The summed E-state index contributed by atoms with van der Waals surface area (Å²) in [5.74, 6) is -0.744. The smallest absolute Gasteiger partial charge is 0.303 e. The number of ether oxygens (including phenoxy) is 4. The number of fused-ring (bicyclic) bond motifs is 1. The van der Waals surface area contributed by atoms with E-state index >= 15 is 0 Å². The van der Waals surface area contributed by atoms with Crippen molar-refractivity contribution in [1.29, 1.82) is 0 Å². The van der Waals surface area contributed by atoms with Crippen LogP contribution in [0.5, 0.6) is 5.75 Å². The molecule has 220 valence electrons. The largest absolute Gasteiger partial charge is 0.483 e. The van der Waals surface area contributed by atoms with Gasteiger partial charge in [-0.05, 0) is 41.8 Å². The average Bonchev–Trinajstić information content (AvgIpc) is 3.48. The maximum Gasteiger partial charge on any atom is 0.303 e. The van der Waals surface area contributed by atoms with Crippen molar-refractivity contribution in [3.63, 3.8) is 0 Å². The van der Waals surface area contributed by atoms with Crippen molar-refractivity contribution in [1.82, 2.24) is 14.5 Å². The van der Waals surface area contributed by atoms with E-state index < -0.39 is 42.6 Å². The Balaban J connectivity index is 1.67. The highest BCUT2D eigenvalue weighted by molar-refractivity contribution is 6.42. The lowest BCUT2D eigenvalue weighted by atomic mass is 9.98. The maximum atomic E-state index is 12.4. The van der Waals surface area contributed by atoms with Crippen molar-refractivity contribution < 1.29 is 33.6 Å². The first-order valence-electron chi connectivity index (χ1n) is 12.9. The SMILES string of the molecule is CC(=O)O[C@H]1[C@@H](OC(C)=O)[C@H](n2cc(CCO)c3c(Cl)ncnc32)O[C@@H]1[C@H](Oc1ccccc1)c1ccc(Cl)c(Cl)c1. The van der Waals surface area contributed by atoms with E-state index in [1.807, 2.05) is 18.2 Å². The van der Waals surface area contributed by atoms with Crippen LogP contribution < -0.4 is 4.74 Å². The molecule has 1 N–H and O–H groups in total. The second-order valence-electron chi connectivity index (χ2n) is 9.56. The van der Waals surface area contributed by atoms with Gasteiger partial charge < -0.3 is 28.6 Å². The predicted octanol–water partition coefficient (Wildman–Crippen LogP) is 5.51. The Morgan fingerprint density at radius 3 is 2.38 bits per heavy atom. The summed E-state index contributed by atoms with van der Waals surface area (Å²) >= 11 is 19.0. The van der Waals surface area contributed by atoms with Crippen LogP contribution in [0.2, 0.25) is 15.2 Å². The number of aromatic nitrogens is 3. The minimum absolute atomic E-state index is 0.160. The number of rotatable bonds is 9. The summed E-state index contributed by atoms with van der Waals surface area (Å²) < 4.78 is 26.2. The molecule has 2 aromatic carbocycles. The molecule has 42 heavy (non-hydrogen) atoms. The molecule has 0 amide bonds. The first-order valence-corrected chi connectivity index (χ1v) is 14.1. The number of nitrogens with zero attached hydrogens (tertiary/aromatic N) is 3. The quantitative estimate of drug-likeness (QED) is 0.188. The van der Waals surface area contributed by atoms with E-state index in [9.17, 15) is 14.7 Å². The van der Waals surface area contributed by atoms with Gasteiger partial charge in [-0.1, -0.05) is 59.1 Å². The van der Waals surface area contributed by atoms with E-state index in [0.717, 1.165) is 0 Å². The molecule has 0 radical (unpaired) electrons. The molecule has 5 rings (SSSR count). The van der Waals surface area contributed by atoms with Crippen molar-refractivity contribution in [3.05, 3.63) is 87.4 Å². The molecule has 0 unspecified atom stereocenters. The molecule has 5 atom stereocenters. The van der Waals surface area contributed by atoms with Crippen LogP contribution in [0.4, 0.5) is 0 Å². The average molecular weight is 635 g/mol. The zero-order chi connectivity index (χ0) is 30.0. The van der Waals surface area contributed by atoms with Gasteiger partial charge in [0, 0.05) is 26.7 Å². The van der Waals surface area contributed by atoms with Gasteiger partial charge in [0.05, 0.1) is 15.4 Å². The van der Waals surface area contributed by atoms with Crippen LogP contribution in [-0.4, -0.2) is 56.5 Å². The van der Waals surface area contributed by atoms with Gasteiger partial charge in [-0.25, -0.2) is 9.97 Å². The van der Waals surface area contributed by atoms with Gasteiger partial charge in [-0.2, -0.15) is 0 Å². The van der Waals surface area contributed by atoms with Gasteiger partial charge >= 0.3 is 11.9 Å². The Kier molecular flexibility index (Phi) is 9.19. The van der Waals surface area contributed by atoms with Crippen molar-refractivity contribution in [2.24, 2.45) is 0 Å². The Labute approximate surface area is 256 Å². The lowest BCUT2D eigenvalue weighted by Gasteiger charge is -2.29. The minimum atomic E-state index is -1.13. The fourth-order valence-electron chi connectivity index (χ4n) is 5.06. The van der Waals surface area contributed by atoms with E-state index in [2.05, 4.69) is 9.97 Å². The van der Waals surface area contributed by atoms with E-state index in [1.165, 1.54) is 20.2 Å². The van der Waals surface area contributed by atoms with Crippen molar-refractivity contribution >= 4 is 57.8 Å². The zero-order valence-electron chi connectivity index (χ0n) is 22.4. The molecule has 2 aromatic heterocycles. The number of esters is 2. The van der Waals surface area contributed by atoms with Crippen LogP contribution in [0.3, 0.4) is 0 Å². The fourth-order valence-corrected chi connectivity index (χ4v) is 5.62. The van der Waals surface area contributed by atoms with E-state index in [-0.39, 0.29) is 23.2 Å². The molecular weight excluding hydrogens is 609 g/mol. The lowest BCUT2D eigenvalue weighted by molar-refractivity contribution is -0.166. The highest BCUT2D eigenvalue weighted by Crippen LogP contribution is 2.44. The van der Waals surface area contributed by atoms with Crippen LogP contribution in [0, 0.1) is 0 Å². The van der Waals surface area contributed by atoms with Gasteiger partial charge in [0.15, 0.2) is 24.5 Å². The Bertz CT molecular complexity index is 1600. The van der Waals surface area contributed by atoms with Crippen molar-refractivity contribution in [2.45, 2.75) is 50.9 Å². The standard InChI is InChI=1S/C29H26Cl3N3O7/c1-15(37)39-25-24(23(41-19-6-4-3-5-7-19)17-8-9-20(30)21(31)12-17)42-29(26(25)40-16(2)38)35-13-18(10-11-36)22-27(32)33-14-34-28(22)35/h3-9,12-14,23-26,29,36H,10-11H2,1-2H3/t23-,24-,25-,26-,29-/m1/s1. The molecule has 0 aliphatic carbocycles. The van der Waals surface area contributed by atoms with Gasteiger partial charge in [0.2, 0.25) is 0 Å². The molecule has 1 fully saturated rings. The van der Waals surface area contributed by atoms with Crippen LogP contribution in [0.15, 0.2) is 61.1 Å². The molecule has 4 aromatic rings. The van der Waals surface area contributed by atoms with Gasteiger partial charge in [0.1, 0.15) is 29.0 Å². The third-order valence-corrected chi connectivity index (χ3v) is 7.73. The number of benzene rings is 2. The van der Waals surface area contributed by atoms with Gasteiger partial charge in [-0.3, -0.25) is 9.59 Å². The van der Waals surface area contributed by atoms with E-state index in [1.54, 1.807) is 41.1 Å². The molecule has 1 aliphatic heterocycles. The minimum Gasteiger partial charge on any atom is -0.483 e. The molecule has 1 saturated heterocycles. The summed E-state index contributed by atoms with van der Waals surface area (Å²) in [4.78, 5) is 33.3. The highest BCUT2D eigenvalue weighted by atomic mass is 35.5. The first-order chi connectivity index (χ1) is 20.2. The Morgan fingerprint density at radius 2 is 1.71 bits per heavy atom. The summed E-state index contributed by atoms with van der Waals surface area (Å²) in [7, 11) is 0. The summed E-state index contributed by atoms with van der Waals surface area (Å²) in [6, 6.07) is 14.0. The molecule has 3 heterocycles. The third-order valence-electron chi connectivity index (χ3n) is 6.70. The highest BCUT2D eigenvalue weighted by Gasteiger charge is 2.54. The number of carbonyl (C=O) groups excluding carboxylic acids is 2. The lowest BCUT2D eigenvalue weighted by Crippen LogP contribution is -2.42. The third kappa shape index (κ3) is 6.18. The number of hydrogen-bond acceptors (Lipinski definition) is 9. The molecule has 0 bridgehead atoms. The number of carbonyl (C=O) groups is 2. The number of hydrogen-bond donors (Lipinski definition) is 1. The van der Waals surface area contributed by atoms with Crippen LogP contribution >= 0.6 is 34.8 Å². The predicted molar refractivity (Wildman–Crippen MR) is 155 cm³/mol. The second kappa shape index (κ2) is 12.8. The summed E-state index contributed by atoms with van der Waals surface area (Å²) in [6.07, 6.45) is -2.00. The first kappa shape index (κ1) is 30.1. The maximum absolute atomic E-state index is 12.4. The summed E-state index contributed by atoms with van der Waals surface area (Å²) in [5, 5.41) is 11.0. The summed E-state index contributed by atoms with van der Waals surface area (Å²) in [6.45, 7) is 2.33. The Morgan fingerprint density at radius 1 is 1.00 bits per heavy atom. The molecule has 1 aliphatic rings. The topological polar surface area (TPSA) is 122 Å². The number of halogens is 3. The van der Waals surface area contributed by atoms with Gasteiger partial charge in [-0.15, -0.1) is 0 Å². The van der Waals surface area contributed by atoms with Crippen molar-refractivity contribution in [2.75, 3.05) is 6.61 Å². The Hall–Kier alpha value is -3.41. The monoisotopic (exact) mass is 633 g/mol. The fraction of sp³-hybridized carbons (Fsp3) is 0.310. The molecule has 0 saturated carbocycles. The van der Waals surface area contributed by atoms with Crippen LogP contribution in [0.25, 0.3) is 11.0 Å². The zero-order valence-corrected chi connectivity index (χ0v) is 24.7. The molecule has 10 nitrogen and oxygen atoms in total. The van der Waals surface area contributed by atoms with E-state index in [4.69, 9.17) is 53.8 Å². The van der Waals surface area contributed by atoms with Gasteiger partial charge in [0.25, 0.3) is 0 Å². The van der Waals surface area contributed by atoms with Crippen molar-refractivity contribution in [3.8, 4) is 5.75 Å². The summed E-state index contributed by atoms with van der Waals surface area (Å²) in [5.41, 5.74) is 1.59. The number of aliphatic hydroxyl groups excluding tert-OH is 1. The molecule has 13 heteroatoms. The molecule has 0 spiro atoms. The van der Waals surface area contributed by atoms with Crippen LogP contribution in [0.1, 0.15) is 37.3 Å². The normalized spacial score (nSPS) is 20.8.